The van der Waals surface area contributed by atoms with E-state index in [2.05, 4.69) is 26.8 Å². The third-order valence-corrected chi connectivity index (χ3v) is 2.46. The standard InChI is InChI=1S/C12H25B.C/c1-2-3-4-5-6-7-8-9-10-11-12-13;/h11-12H,2-10,13H2,1H3;. The highest BCUT2D eigenvalue weighted by molar-refractivity contribution is 6.16. The molecule has 0 atom stereocenters. The second-order valence-electron chi connectivity index (χ2n) is 3.83. The first kappa shape index (κ1) is 16.2. The summed E-state index contributed by atoms with van der Waals surface area (Å²) in [6.45, 7) is 2.27. The van der Waals surface area contributed by atoms with Gasteiger partial charge in [-0.1, -0.05) is 57.9 Å². The maximum absolute atomic E-state index is 2.27. The molecule has 0 aliphatic heterocycles. The Morgan fingerprint density at radius 2 is 1.36 bits per heavy atom. The molecule has 14 heavy (non-hydrogen) atoms. The monoisotopic (exact) mass is 192 g/mol. The third-order valence-electron chi connectivity index (χ3n) is 2.46. The van der Waals surface area contributed by atoms with E-state index in [4.69, 9.17) is 0 Å². The lowest BCUT2D eigenvalue weighted by Gasteiger charge is -1.99. The zero-order valence-electron chi connectivity index (χ0n) is 10.0. The van der Waals surface area contributed by atoms with Crippen LogP contribution in [0.5, 0.6) is 0 Å². The van der Waals surface area contributed by atoms with Gasteiger partial charge in [0.05, 0.1) is 0 Å². The fourth-order valence-corrected chi connectivity index (χ4v) is 1.56. The average Bonchev–Trinajstić information content (AvgIpc) is 2.16. The Morgan fingerprint density at radius 1 is 0.857 bits per heavy atom. The summed E-state index contributed by atoms with van der Waals surface area (Å²) >= 11 is 0. The second-order valence-corrected chi connectivity index (χ2v) is 3.83. The lowest BCUT2D eigenvalue weighted by Crippen LogP contribution is -1.79. The quantitative estimate of drug-likeness (QED) is 0.385. The van der Waals surface area contributed by atoms with E-state index in [1.54, 1.807) is 0 Å². The van der Waals surface area contributed by atoms with Crippen molar-refractivity contribution in [2.75, 3.05) is 0 Å². The van der Waals surface area contributed by atoms with E-state index in [1.807, 2.05) is 0 Å². The minimum Gasteiger partial charge on any atom is -0.128 e. The van der Waals surface area contributed by atoms with Crippen molar-refractivity contribution in [2.24, 2.45) is 0 Å². The smallest absolute Gasteiger partial charge is 0.128 e. The molecule has 0 amide bonds. The van der Waals surface area contributed by atoms with Crippen molar-refractivity contribution in [2.45, 2.75) is 64.7 Å². The minimum atomic E-state index is 0. The van der Waals surface area contributed by atoms with Crippen molar-refractivity contribution < 1.29 is 0 Å². The molecule has 80 valence electrons. The van der Waals surface area contributed by atoms with Gasteiger partial charge in [-0.3, -0.25) is 0 Å². The van der Waals surface area contributed by atoms with Crippen molar-refractivity contribution >= 4 is 7.85 Å². The number of hydrogen-bond donors (Lipinski definition) is 0. The summed E-state index contributed by atoms with van der Waals surface area (Å²) in [5, 5.41) is 0. The molecule has 0 rings (SSSR count). The van der Waals surface area contributed by atoms with Crippen LogP contribution in [0.4, 0.5) is 0 Å². The van der Waals surface area contributed by atoms with Gasteiger partial charge in [0, 0.05) is 7.43 Å². The molecular formula is C13H25B. The van der Waals surface area contributed by atoms with Crippen LogP contribution in [0, 0.1) is 7.43 Å². The van der Waals surface area contributed by atoms with Crippen molar-refractivity contribution in [3.63, 3.8) is 0 Å². The van der Waals surface area contributed by atoms with Crippen LogP contribution in [0.25, 0.3) is 0 Å². The summed E-state index contributed by atoms with van der Waals surface area (Å²) < 4.78 is 0. The molecule has 0 aliphatic carbocycles. The van der Waals surface area contributed by atoms with Gasteiger partial charge in [-0.15, -0.1) is 5.98 Å². The molecule has 0 aliphatic rings. The zero-order chi connectivity index (χ0) is 9.78. The van der Waals surface area contributed by atoms with Gasteiger partial charge in [0.2, 0.25) is 0 Å². The Morgan fingerprint density at radius 3 is 1.86 bits per heavy atom. The van der Waals surface area contributed by atoms with E-state index < -0.39 is 0 Å². The number of hydrogen-bond acceptors (Lipinski definition) is 0. The van der Waals surface area contributed by atoms with Crippen LogP contribution in [0.15, 0.2) is 12.1 Å². The van der Waals surface area contributed by atoms with Gasteiger partial charge in [-0.2, -0.15) is 0 Å². The molecular weight excluding hydrogens is 167 g/mol. The summed E-state index contributed by atoms with van der Waals surface area (Å²) in [7, 11) is 2.10. The molecule has 0 nitrogen and oxygen atoms in total. The van der Waals surface area contributed by atoms with Crippen molar-refractivity contribution in [1.82, 2.24) is 0 Å². The second kappa shape index (κ2) is 15.3. The molecule has 0 aromatic heterocycles. The predicted molar refractivity (Wildman–Crippen MR) is 68.2 cm³/mol. The van der Waals surface area contributed by atoms with Crippen LogP contribution >= 0.6 is 0 Å². The fraction of sp³-hybridized carbons (Fsp3) is 0.769. The van der Waals surface area contributed by atoms with Crippen molar-refractivity contribution in [3.8, 4) is 0 Å². The largest absolute Gasteiger partial charge is 0.129 e. The van der Waals surface area contributed by atoms with E-state index >= 15 is 0 Å². The maximum atomic E-state index is 2.27. The van der Waals surface area contributed by atoms with Gasteiger partial charge in [0.15, 0.2) is 0 Å². The molecule has 0 heterocycles. The van der Waals surface area contributed by atoms with Gasteiger partial charge in [-0.05, 0) is 12.8 Å². The van der Waals surface area contributed by atoms with E-state index in [0.717, 1.165) is 0 Å². The molecule has 0 saturated heterocycles. The average molecular weight is 192 g/mol. The third kappa shape index (κ3) is 14.3. The molecule has 0 bridgehead atoms. The van der Waals surface area contributed by atoms with Crippen LogP contribution < -0.4 is 0 Å². The minimum absolute atomic E-state index is 0. The van der Waals surface area contributed by atoms with Crippen LogP contribution in [-0.4, -0.2) is 7.85 Å². The van der Waals surface area contributed by atoms with Gasteiger partial charge >= 0.3 is 0 Å². The van der Waals surface area contributed by atoms with Crippen LogP contribution in [0.2, 0.25) is 0 Å². The van der Waals surface area contributed by atoms with Gasteiger partial charge < -0.3 is 0 Å². The number of rotatable bonds is 9. The molecule has 0 fully saturated rings. The molecule has 4 radical (unpaired) electrons. The van der Waals surface area contributed by atoms with E-state index in [1.165, 1.54) is 57.8 Å². The van der Waals surface area contributed by atoms with E-state index in [-0.39, 0.29) is 7.43 Å². The number of allylic oxidation sites excluding steroid dienone is 1. The summed E-state index contributed by atoms with van der Waals surface area (Å²) in [4.78, 5) is 0. The predicted octanol–water partition coefficient (Wildman–Crippen LogP) is 3.75. The normalized spacial score (nSPS) is 10.4. The Hall–Kier alpha value is -0.195. The highest BCUT2D eigenvalue weighted by Gasteiger charge is 1.89. The molecule has 0 saturated carbocycles. The molecule has 1 heteroatoms. The highest BCUT2D eigenvalue weighted by atomic mass is 14.0. The first-order chi connectivity index (χ1) is 6.41. The van der Waals surface area contributed by atoms with Crippen LogP contribution in [0.3, 0.4) is 0 Å². The first-order valence-electron chi connectivity index (χ1n) is 6.03. The SMILES string of the molecule is BC=CCCCCCCCCCC.[C]. The highest BCUT2D eigenvalue weighted by Crippen LogP contribution is 2.09. The van der Waals surface area contributed by atoms with Crippen molar-refractivity contribution in [3.05, 3.63) is 19.5 Å². The summed E-state index contributed by atoms with van der Waals surface area (Å²) in [6, 6.07) is 0. The Bertz CT molecular complexity index is 108. The molecule has 0 unspecified atom stereocenters. The maximum Gasteiger partial charge on any atom is 0.129 e. The molecule has 0 spiro atoms. The van der Waals surface area contributed by atoms with Gasteiger partial charge in [0.25, 0.3) is 0 Å². The lowest BCUT2D eigenvalue weighted by molar-refractivity contribution is 0.577. The zero-order valence-corrected chi connectivity index (χ0v) is 10.0. The van der Waals surface area contributed by atoms with Gasteiger partial charge in [-0.25, -0.2) is 0 Å². The van der Waals surface area contributed by atoms with Gasteiger partial charge in [0.1, 0.15) is 7.85 Å². The Kier molecular flexibility index (Phi) is 17.7. The molecule has 0 aromatic carbocycles. The lowest BCUT2D eigenvalue weighted by atomic mass is 10.1. The van der Waals surface area contributed by atoms with Crippen LogP contribution in [-0.2, 0) is 0 Å². The van der Waals surface area contributed by atoms with E-state index in [9.17, 15) is 0 Å². The Balaban J connectivity index is 0. The summed E-state index contributed by atoms with van der Waals surface area (Å²) in [5.41, 5.74) is 0. The topological polar surface area (TPSA) is 0 Å². The molecule has 0 aromatic rings. The first-order valence-corrected chi connectivity index (χ1v) is 6.03. The van der Waals surface area contributed by atoms with E-state index in [0.29, 0.717) is 0 Å². The van der Waals surface area contributed by atoms with Crippen LogP contribution in [0.1, 0.15) is 64.7 Å². The summed E-state index contributed by atoms with van der Waals surface area (Å²) in [5.74, 6) is 2.15. The van der Waals surface area contributed by atoms with Crippen molar-refractivity contribution in [1.29, 1.82) is 0 Å². The molecule has 0 N–H and O–H groups in total. The fourth-order valence-electron chi connectivity index (χ4n) is 1.56. The Labute approximate surface area is 92.6 Å². The summed E-state index contributed by atoms with van der Waals surface area (Å²) in [6.07, 6.45) is 15.0. The number of unbranched alkanes of at least 4 members (excludes halogenated alkanes) is 8.